The quantitative estimate of drug-likeness (QED) is 0.137. The second kappa shape index (κ2) is 25.9. The number of fused-ring (bicyclic) bond motifs is 4. The summed E-state index contributed by atoms with van der Waals surface area (Å²) >= 11 is 12.5. The fourth-order valence-electron chi connectivity index (χ4n) is 14.5. The highest BCUT2D eigenvalue weighted by atomic mass is 35.5. The molecule has 418 valence electrons. The highest BCUT2D eigenvalue weighted by molar-refractivity contribution is 6.45. The van der Waals surface area contributed by atoms with Crippen molar-refractivity contribution in [3.05, 3.63) is 211 Å². The Hall–Kier alpha value is -5.30. The number of amides is 2. The van der Waals surface area contributed by atoms with Gasteiger partial charge in [-0.15, -0.1) is 0 Å². The van der Waals surface area contributed by atoms with Gasteiger partial charge >= 0.3 is 7.05 Å². The monoisotopic (exact) mass is 1110 g/mol. The molecule has 2 atom stereocenters. The van der Waals surface area contributed by atoms with Crippen molar-refractivity contribution in [1.29, 1.82) is 0 Å². The van der Waals surface area contributed by atoms with Crippen LogP contribution in [0.2, 0.25) is 16.9 Å². The van der Waals surface area contributed by atoms with E-state index in [-0.39, 0.29) is 18.1 Å². The third kappa shape index (κ3) is 12.8. The van der Waals surface area contributed by atoms with E-state index in [1.165, 1.54) is 55.6 Å². The van der Waals surface area contributed by atoms with Gasteiger partial charge in [-0.05, 0) is 190 Å². The molecule has 12 rings (SSSR count). The van der Waals surface area contributed by atoms with Crippen molar-refractivity contribution >= 4 is 42.1 Å². The fourth-order valence-corrected chi connectivity index (χ4v) is 14.8. The lowest BCUT2D eigenvalue weighted by Crippen LogP contribution is -2.57. The molecule has 0 aromatic heterocycles. The van der Waals surface area contributed by atoms with E-state index < -0.39 is 7.05 Å². The number of likely N-dealkylation sites (tertiary alicyclic amines) is 2. The standard InChI is InChI=1S/C40H43Cl2N3O.C28H38BN3O2/c1-28-27-44(39(32-12-16-34(41)17-13-32)33-14-18-35(42)19-15-33)24-25-45(28)38(46)26-29-20-22-43(23-21-29)40-36-8-4-2-6-30(36)10-11-31-7-3-5-9-37(31)40;1-21-20-31(29(2)34)17-18-32(21)27(33)19-22-13-15-30(16-14-22)28-25-9-5-3-7-23(25)11-12-24-8-4-6-10-26(24)28/h2-9,12-19,28-29,39-40H,10-11,20-27H2,1H3;3-10,21-22,28,34H,11-20H2,1-2H3/t28-;21-/m00/s1. The molecule has 6 aliphatic rings. The first kappa shape index (κ1) is 56.6. The van der Waals surface area contributed by atoms with Crippen molar-refractivity contribution in [2.24, 2.45) is 11.8 Å². The van der Waals surface area contributed by atoms with E-state index in [4.69, 9.17) is 23.2 Å². The van der Waals surface area contributed by atoms with Gasteiger partial charge in [-0.2, -0.15) is 0 Å². The minimum Gasteiger partial charge on any atom is -0.437 e. The number of carbonyl (C=O) groups excluding carboxylic acids is 2. The lowest BCUT2D eigenvalue weighted by Gasteiger charge is -2.44. The van der Waals surface area contributed by atoms with Crippen LogP contribution in [0.25, 0.3) is 0 Å². The van der Waals surface area contributed by atoms with E-state index in [1.54, 1.807) is 0 Å². The molecule has 6 aromatic carbocycles. The van der Waals surface area contributed by atoms with Crippen molar-refractivity contribution < 1.29 is 14.6 Å². The van der Waals surface area contributed by atoms with Crippen LogP contribution in [0.15, 0.2) is 146 Å². The van der Waals surface area contributed by atoms with Crippen LogP contribution < -0.4 is 0 Å². The number of carbonyl (C=O) groups is 2. The Balaban J connectivity index is 0.000000177. The maximum Gasteiger partial charge on any atom is 0.376 e. The summed E-state index contributed by atoms with van der Waals surface area (Å²) in [6.07, 6.45) is 10.00. The van der Waals surface area contributed by atoms with Crippen LogP contribution in [0.4, 0.5) is 0 Å². The predicted octanol–water partition coefficient (Wildman–Crippen LogP) is 12.2. The first-order valence-electron chi connectivity index (χ1n) is 30.0. The number of benzene rings is 6. The summed E-state index contributed by atoms with van der Waals surface area (Å²) in [7, 11) is -0.441. The van der Waals surface area contributed by atoms with Crippen LogP contribution in [0.1, 0.15) is 126 Å². The van der Waals surface area contributed by atoms with Gasteiger partial charge in [0.25, 0.3) is 0 Å². The van der Waals surface area contributed by atoms with Crippen molar-refractivity contribution in [3.63, 3.8) is 0 Å². The van der Waals surface area contributed by atoms with Gasteiger partial charge in [-0.1, -0.05) is 145 Å². The highest BCUT2D eigenvalue weighted by Crippen LogP contribution is 2.42. The second-order valence-electron chi connectivity index (χ2n) is 24.0. The van der Waals surface area contributed by atoms with Crippen LogP contribution in [0, 0.1) is 11.8 Å². The molecule has 0 saturated carbocycles. The number of aryl methyl sites for hydroxylation is 4. The molecule has 0 spiro atoms. The first-order chi connectivity index (χ1) is 38.9. The predicted molar refractivity (Wildman–Crippen MR) is 326 cm³/mol. The summed E-state index contributed by atoms with van der Waals surface area (Å²) in [6, 6.07) is 53.3. The molecule has 4 aliphatic heterocycles. The third-order valence-corrected chi connectivity index (χ3v) is 19.4. The van der Waals surface area contributed by atoms with Crippen LogP contribution in [-0.4, -0.2) is 131 Å². The normalized spacial score (nSPS) is 21.1. The van der Waals surface area contributed by atoms with Crippen LogP contribution in [0.3, 0.4) is 0 Å². The smallest absolute Gasteiger partial charge is 0.376 e. The molecule has 0 unspecified atom stereocenters. The Morgan fingerprint density at radius 1 is 0.487 bits per heavy atom. The summed E-state index contributed by atoms with van der Waals surface area (Å²) in [4.78, 5) is 41.0. The Labute approximate surface area is 487 Å². The molecule has 6 aromatic rings. The number of hydrogen-bond donors (Lipinski definition) is 1. The average molecular weight is 1110 g/mol. The van der Waals surface area contributed by atoms with Crippen LogP contribution >= 0.6 is 23.2 Å². The van der Waals surface area contributed by atoms with E-state index >= 15 is 0 Å². The van der Waals surface area contributed by atoms with Gasteiger partial charge in [0.15, 0.2) is 0 Å². The molecular formula is C68H81BCl2N6O3. The minimum atomic E-state index is -0.441. The number of piperazine rings is 2. The van der Waals surface area contributed by atoms with E-state index in [2.05, 4.69) is 160 Å². The number of nitrogens with zero attached hydrogens (tertiary/aromatic N) is 6. The largest absolute Gasteiger partial charge is 0.437 e. The fraction of sp³-hybridized carbons (Fsp3) is 0.441. The molecule has 2 aliphatic carbocycles. The number of rotatable bonds is 10. The summed E-state index contributed by atoms with van der Waals surface area (Å²) in [5.74, 6) is 1.50. The van der Waals surface area contributed by atoms with Gasteiger partial charge in [-0.3, -0.25) is 24.3 Å². The van der Waals surface area contributed by atoms with Crippen molar-refractivity contribution in [1.82, 2.24) is 29.3 Å². The zero-order valence-corrected chi connectivity index (χ0v) is 48.8. The maximum atomic E-state index is 13.8. The van der Waals surface area contributed by atoms with Crippen LogP contribution in [-0.2, 0) is 35.3 Å². The molecule has 9 nitrogen and oxygen atoms in total. The molecule has 1 N–H and O–H groups in total. The van der Waals surface area contributed by atoms with Gasteiger partial charge in [0.2, 0.25) is 11.8 Å². The zero-order chi connectivity index (χ0) is 55.3. The maximum absolute atomic E-state index is 13.8. The molecule has 2 amide bonds. The Morgan fingerprint density at radius 2 is 0.838 bits per heavy atom. The summed E-state index contributed by atoms with van der Waals surface area (Å²) in [6.45, 7) is 14.9. The first-order valence-corrected chi connectivity index (χ1v) is 30.8. The van der Waals surface area contributed by atoms with E-state index in [0.29, 0.717) is 48.6 Å². The third-order valence-electron chi connectivity index (χ3n) is 18.9. The number of piperidine rings is 2. The van der Waals surface area contributed by atoms with Gasteiger partial charge < -0.3 is 19.6 Å². The number of hydrogen-bond acceptors (Lipinski definition) is 7. The molecule has 4 fully saturated rings. The molecule has 0 radical (unpaired) electrons. The van der Waals surface area contributed by atoms with Crippen molar-refractivity contribution in [2.45, 2.75) is 115 Å². The average Bonchev–Trinajstić information content (AvgIpc) is 3.82. The second-order valence-corrected chi connectivity index (χ2v) is 24.8. The lowest BCUT2D eigenvalue weighted by atomic mass is 9.83. The van der Waals surface area contributed by atoms with E-state index in [0.717, 1.165) is 127 Å². The zero-order valence-electron chi connectivity index (χ0n) is 47.3. The minimum absolute atomic E-state index is 0.0813. The summed E-state index contributed by atoms with van der Waals surface area (Å²) in [5, 5.41) is 11.3. The summed E-state index contributed by atoms with van der Waals surface area (Å²) < 4.78 is 0. The SMILES string of the molecule is CB(O)N1CCN(C(=O)CC2CCN(C3c4ccccc4CCc4ccccc43)CC2)[C@@H](C)C1.C[C@H]1CN(C(c2ccc(Cl)cc2)c2ccc(Cl)cc2)CCN1C(=O)CC1CCN(C2c3ccccc3CCc3ccccc32)CC1. The molecule has 12 heteroatoms. The molecule has 4 heterocycles. The van der Waals surface area contributed by atoms with Gasteiger partial charge in [0, 0.05) is 74.2 Å². The van der Waals surface area contributed by atoms with Crippen molar-refractivity contribution in [3.8, 4) is 0 Å². The van der Waals surface area contributed by atoms with Gasteiger partial charge in [0.05, 0.1) is 18.1 Å². The summed E-state index contributed by atoms with van der Waals surface area (Å²) in [5.41, 5.74) is 14.2. The Bertz CT molecular complexity index is 2910. The molecule has 0 bridgehead atoms. The molecule has 4 saturated heterocycles. The molecular weight excluding hydrogens is 1030 g/mol. The lowest BCUT2D eigenvalue weighted by molar-refractivity contribution is -0.138. The van der Waals surface area contributed by atoms with Gasteiger partial charge in [0.1, 0.15) is 0 Å². The topological polar surface area (TPSA) is 73.8 Å². The Kier molecular flexibility index (Phi) is 18.3. The number of halogens is 2. The van der Waals surface area contributed by atoms with Crippen LogP contribution in [0.5, 0.6) is 0 Å². The van der Waals surface area contributed by atoms with Gasteiger partial charge in [-0.25, -0.2) is 0 Å². The molecule has 80 heavy (non-hydrogen) atoms. The van der Waals surface area contributed by atoms with E-state index in [1.807, 2.05) is 36.0 Å². The Morgan fingerprint density at radius 3 is 1.19 bits per heavy atom. The highest BCUT2D eigenvalue weighted by Gasteiger charge is 2.38. The van der Waals surface area contributed by atoms with Crippen molar-refractivity contribution in [2.75, 3.05) is 65.4 Å². The van der Waals surface area contributed by atoms with E-state index in [9.17, 15) is 14.6 Å².